The molecule has 1 unspecified atom stereocenters. The fourth-order valence-corrected chi connectivity index (χ4v) is 3.57. The Kier molecular flexibility index (Phi) is 3.50. The summed E-state index contributed by atoms with van der Waals surface area (Å²) >= 11 is 13.9. The molecule has 0 bridgehead atoms. The Morgan fingerprint density at radius 1 is 1.00 bits per heavy atom. The van der Waals surface area contributed by atoms with Crippen molar-refractivity contribution in [1.29, 1.82) is 0 Å². The molecular formula is C15H11Cl2NS. The summed E-state index contributed by atoms with van der Waals surface area (Å²) in [6, 6.07) is 13.4. The quantitative estimate of drug-likeness (QED) is 0.687. The third kappa shape index (κ3) is 2.37. The van der Waals surface area contributed by atoms with Gasteiger partial charge in [0.25, 0.3) is 0 Å². The van der Waals surface area contributed by atoms with E-state index in [0.717, 1.165) is 11.1 Å². The van der Waals surface area contributed by atoms with E-state index in [1.54, 1.807) is 23.5 Å². The molecular weight excluding hydrogens is 297 g/mol. The number of nitrogens with two attached hydrogens (primary N) is 1. The van der Waals surface area contributed by atoms with Crippen molar-refractivity contribution in [2.45, 2.75) is 6.04 Å². The highest BCUT2D eigenvalue weighted by molar-refractivity contribution is 7.17. The molecule has 3 rings (SSSR count). The van der Waals surface area contributed by atoms with E-state index in [4.69, 9.17) is 28.9 Å². The van der Waals surface area contributed by atoms with Crippen molar-refractivity contribution in [3.8, 4) is 0 Å². The van der Waals surface area contributed by atoms with Crippen LogP contribution in [0.2, 0.25) is 10.0 Å². The van der Waals surface area contributed by atoms with Crippen molar-refractivity contribution in [1.82, 2.24) is 0 Å². The predicted octanol–water partition coefficient (Wildman–Crippen LogP) is 5.26. The standard InChI is InChI=1S/C15H11Cl2NS/c16-9-5-6-13(17)11(7-9)15(18)12-8-19-14-4-2-1-3-10(12)14/h1-8,15H,18H2. The first-order valence-electron chi connectivity index (χ1n) is 5.83. The van der Waals surface area contributed by atoms with Gasteiger partial charge in [0, 0.05) is 14.7 Å². The number of hydrogen-bond acceptors (Lipinski definition) is 2. The van der Waals surface area contributed by atoms with Gasteiger partial charge in [0.15, 0.2) is 0 Å². The highest BCUT2D eigenvalue weighted by atomic mass is 35.5. The van der Waals surface area contributed by atoms with Gasteiger partial charge in [0.05, 0.1) is 6.04 Å². The molecule has 4 heteroatoms. The third-order valence-electron chi connectivity index (χ3n) is 3.14. The molecule has 0 aliphatic rings. The Morgan fingerprint density at radius 3 is 2.63 bits per heavy atom. The van der Waals surface area contributed by atoms with Gasteiger partial charge < -0.3 is 5.73 Å². The lowest BCUT2D eigenvalue weighted by Crippen LogP contribution is -2.11. The average Bonchev–Trinajstić information content (AvgIpc) is 2.84. The number of rotatable bonds is 2. The Labute approximate surface area is 125 Å². The molecule has 2 N–H and O–H groups in total. The van der Waals surface area contributed by atoms with Crippen LogP contribution in [0.3, 0.4) is 0 Å². The van der Waals surface area contributed by atoms with Crippen LogP contribution in [0.5, 0.6) is 0 Å². The van der Waals surface area contributed by atoms with Gasteiger partial charge in [-0.1, -0.05) is 41.4 Å². The molecule has 1 nitrogen and oxygen atoms in total. The van der Waals surface area contributed by atoms with Crippen LogP contribution in [0.1, 0.15) is 17.2 Å². The molecule has 2 aromatic carbocycles. The van der Waals surface area contributed by atoms with E-state index in [2.05, 4.69) is 17.5 Å². The van der Waals surface area contributed by atoms with E-state index in [-0.39, 0.29) is 6.04 Å². The SMILES string of the molecule is NC(c1cc(Cl)ccc1Cl)c1csc2ccccc12. The molecule has 0 saturated heterocycles. The van der Waals surface area contributed by atoms with Crippen molar-refractivity contribution in [2.75, 3.05) is 0 Å². The van der Waals surface area contributed by atoms with Gasteiger partial charge in [-0.25, -0.2) is 0 Å². The second-order valence-corrected chi connectivity index (χ2v) is 6.09. The van der Waals surface area contributed by atoms with E-state index >= 15 is 0 Å². The van der Waals surface area contributed by atoms with E-state index in [1.165, 1.54) is 10.1 Å². The zero-order chi connectivity index (χ0) is 13.4. The molecule has 0 fully saturated rings. The summed E-state index contributed by atoms with van der Waals surface area (Å²) in [6.07, 6.45) is 0. The van der Waals surface area contributed by atoms with Gasteiger partial charge in [-0.2, -0.15) is 0 Å². The lowest BCUT2D eigenvalue weighted by Gasteiger charge is -2.13. The van der Waals surface area contributed by atoms with Crippen molar-refractivity contribution >= 4 is 44.6 Å². The summed E-state index contributed by atoms with van der Waals surface area (Å²) in [5.41, 5.74) is 8.31. The minimum Gasteiger partial charge on any atom is -0.320 e. The fourth-order valence-electron chi connectivity index (χ4n) is 2.16. The van der Waals surface area contributed by atoms with E-state index in [1.807, 2.05) is 18.2 Å². The molecule has 3 aromatic rings. The zero-order valence-corrected chi connectivity index (χ0v) is 12.3. The molecule has 0 saturated carbocycles. The largest absolute Gasteiger partial charge is 0.320 e. The second kappa shape index (κ2) is 5.14. The smallest absolute Gasteiger partial charge is 0.0581 e. The summed E-state index contributed by atoms with van der Waals surface area (Å²) in [4.78, 5) is 0. The van der Waals surface area contributed by atoms with E-state index in [0.29, 0.717) is 10.0 Å². The van der Waals surface area contributed by atoms with Gasteiger partial charge >= 0.3 is 0 Å². The van der Waals surface area contributed by atoms with Crippen LogP contribution in [-0.2, 0) is 0 Å². The van der Waals surface area contributed by atoms with Crippen LogP contribution in [-0.4, -0.2) is 0 Å². The lowest BCUT2D eigenvalue weighted by molar-refractivity contribution is 0.885. The average molecular weight is 308 g/mol. The van der Waals surface area contributed by atoms with Crippen LogP contribution < -0.4 is 5.73 Å². The van der Waals surface area contributed by atoms with Crippen LogP contribution in [0.25, 0.3) is 10.1 Å². The van der Waals surface area contributed by atoms with Crippen LogP contribution in [0, 0.1) is 0 Å². The molecule has 1 aromatic heterocycles. The monoisotopic (exact) mass is 307 g/mol. The molecule has 1 heterocycles. The number of benzene rings is 2. The van der Waals surface area contributed by atoms with Crippen molar-refractivity contribution < 1.29 is 0 Å². The number of halogens is 2. The zero-order valence-electron chi connectivity index (χ0n) is 9.94. The molecule has 0 aliphatic heterocycles. The van der Waals surface area contributed by atoms with Gasteiger partial charge in [0.2, 0.25) is 0 Å². The first-order chi connectivity index (χ1) is 9.16. The Morgan fingerprint density at radius 2 is 1.79 bits per heavy atom. The second-order valence-electron chi connectivity index (χ2n) is 4.33. The third-order valence-corrected chi connectivity index (χ3v) is 4.70. The van der Waals surface area contributed by atoms with Gasteiger partial charge in [0.1, 0.15) is 0 Å². The Balaban J connectivity index is 2.13. The maximum atomic E-state index is 6.36. The Bertz CT molecular complexity index is 736. The van der Waals surface area contributed by atoms with Crippen LogP contribution in [0.15, 0.2) is 47.8 Å². The number of thiophene rings is 1. The lowest BCUT2D eigenvalue weighted by atomic mass is 9.99. The summed E-state index contributed by atoms with van der Waals surface area (Å²) < 4.78 is 1.23. The highest BCUT2D eigenvalue weighted by Gasteiger charge is 2.16. The molecule has 19 heavy (non-hydrogen) atoms. The summed E-state index contributed by atoms with van der Waals surface area (Å²) in [5.74, 6) is 0. The molecule has 96 valence electrons. The van der Waals surface area contributed by atoms with E-state index < -0.39 is 0 Å². The van der Waals surface area contributed by atoms with Crippen molar-refractivity contribution in [2.24, 2.45) is 5.73 Å². The minimum atomic E-state index is -0.262. The maximum Gasteiger partial charge on any atom is 0.0581 e. The molecule has 0 aliphatic carbocycles. The minimum absolute atomic E-state index is 0.262. The molecule has 0 amide bonds. The molecule has 1 atom stereocenters. The normalized spacial score (nSPS) is 12.8. The van der Waals surface area contributed by atoms with Gasteiger partial charge in [-0.05, 0) is 46.2 Å². The first kappa shape index (κ1) is 12.9. The summed E-state index contributed by atoms with van der Waals surface area (Å²) in [5, 5.41) is 4.56. The van der Waals surface area contributed by atoms with Crippen LogP contribution >= 0.6 is 34.5 Å². The first-order valence-corrected chi connectivity index (χ1v) is 7.47. The molecule has 0 spiro atoms. The number of hydrogen-bond donors (Lipinski definition) is 1. The van der Waals surface area contributed by atoms with E-state index in [9.17, 15) is 0 Å². The summed E-state index contributed by atoms with van der Waals surface area (Å²) in [6.45, 7) is 0. The maximum absolute atomic E-state index is 6.36. The topological polar surface area (TPSA) is 26.0 Å². The fraction of sp³-hybridized carbons (Fsp3) is 0.0667. The highest BCUT2D eigenvalue weighted by Crippen LogP contribution is 2.35. The van der Waals surface area contributed by atoms with Crippen LogP contribution in [0.4, 0.5) is 0 Å². The van der Waals surface area contributed by atoms with Gasteiger partial charge in [-0.15, -0.1) is 11.3 Å². The number of fused-ring (bicyclic) bond motifs is 1. The van der Waals surface area contributed by atoms with Crippen molar-refractivity contribution in [3.63, 3.8) is 0 Å². The Hall–Kier alpha value is -1.06. The molecule has 0 radical (unpaired) electrons. The summed E-state index contributed by atoms with van der Waals surface area (Å²) in [7, 11) is 0. The predicted molar refractivity (Wildman–Crippen MR) is 84.3 cm³/mol. The van der Waals surface area contributed by atoms with Gasteiger partial charge in [-0.3, -0.25) is 0 Å². The van der Waals surface area contributed by atoms with Crippen molar-refractivity contribution in [3.05, 3.63) is 69.0 Å².